The van der Waals surface area contributed by atoms with E-state index in [1.807, 2.05) is 0 Å². The van der Waals surface area contributed by atoms with Crippen LogP contribution in [0.5, 0.6) is 69.0 Å². The van der Waals surface area contributed by atoms with Crippen molar-refractivity contribution in [2.45, 2.75) is 254 Å². The van der Waals surface area contributed by atoms with Crippen molar-refractivity contribution in [3.63, 3.8) is 0 Å². The molecule has 7 aromatic carbocycles. The van der Waals surface area contributed by atoms with Gasteiger partial charge in [0.15, 0.2) is 60.3 Å². The highest BCUT2D eigenvalue weighted by Crippen LogP contribution is 2.51. The highest BCUT2D eigenvalue weighted by Gasteiger charge is 2.57. The number of methoxy groups -OCH3 is 1. The van der Waals surface area contributed by atoms with Crippen LogP contribution >= 0.6 is 0 Å². The van der Waals surface area contributed by atoms with Gasteiger partial charge in [-0.1, -0.05) is 36.4 Å². The number of aromatic hydroxyl groups is 4. The van der Waals surface area contributed by atoms with Crippen LogP contribution in [0.3, 0.4) is 0 Å². The van der Waals surface area contributed by atoms with Gasteiger partial charge in [-0.2, -0.15) is 0 Å². The predicted octanol–water partition coefficient (Wildman–Crippen LogP) is -6.50. The molecule has 794 valence electrons. The van der Waals surface area contributed by atoms with Crippen LogP contribution in [0, 0.1) is 6.92 Å². The second kappa shape index (κ2) is 43.6. The topological polar surface area (TPSA) is 816 Å². The van der Waals surface area contributed by atoms with Gasteiger partial charge in [0.25, 0.3) is 0 Å². The average Bonchev–Trinajstić information content (AvgIpc) is 0.742. The molecule has 0 radical (unpaired) electrons. The summed E-state index contributed by atoms with van der Waals surface area (Å²) in [6.45, 7) is 0.141. The Morgan fingerprint density at radius 2 is 0.946 bits per heavy atom. The lowest BCUT2D eigenvalue weighted by Gasteiger charge is -2.48. The van der Waals surface area contributed by atoms with Crippen molar-refractivity contribution in [3.8, 4) is 80.1 Å². The lowest BCUT2D eigenvalue weighted by atomic mass is 9.89. The zero-order valence-electron chi connectivity index (χ0n) is 77.9. The molecule has 6 fully saturated rings. The fourth-order valence-electron chi connectivity index (χ4n) is 18.6. The molecule has 0 aromatic heterocycles. The van der Waals surface area contributed by atoms with E-state index in [-0.39, 0.29) is 39.5 Å². The van der Waals surface area contributed by atoms with E-state index in [0.717, 1.165) is 98.1 Å². The van der Waals surface area contributed by atoms with Crippen LogP contribution < -0.4 is 67.1 Å². The van der Waals surface area contributed by atoms with Crippen LogP contribution in [0.25, 0.3) is 11.1 Å². The van der Waals surface area contributed by atoms with Gasteiger partial charge in [-0.05, 0) is 133 Å². The first-order valence-corrected chi connectivity index (χ1v) is 46.4. The van der Waals surface area contributed by atoms with E-state index < -0.39 is 386 Å². The monoisotopic (exact) mass is 2070 g/mol. The third-order valence-corrected chi connectivity index (χ3v) is 27.1. The molecule has 52 nitrogen and oxygen atoms in total. The van der Waals surface area contributed by atoms with Crippen molar-refractivity contribution in [1.29, 1.82) is 0 Å². The maximum Gasteiger partial charge on any atom is 0.333 e. The molecule has 0 saturated carbocycles. The number of rotatable bonds is 16. The van der Waals surface area contributed by atoms with E-state index in [4.69, 9.17) is 87.3 Å². The Balaban J connectivity index is 0.908. The van der Waals surface area contributed by atoms with Crippen molar-refractivity contribution in [3.05, 3.63) is 166 Å². The van der Waals surface area contributed by atoms with Crippen LogP contribution in [0.1, 0.15) is 107 Å². The molecule has 6 amide bonds. The van der Waals surface area contributed by atoms with Crippen molar-refractivity contribution >= 4 is 41.4 Å². The predicted molar refractivity (Wildman–Crippen MR) is 483 cm³/mol. The maximum absolute atomic E-state index is 17.3. The summed E-state index contributed by atoms with van der Waals surface area (Å²) in [4.78, 5) is 113. The number of ether oxygens (including phenoxy) is 16. The summed E-state index contributed by atoms with van der Waals surface area (Å²) in [5.41, 5.74) is 9.22. The number of carbonyl (C=O) groups is 7. The van der Waals surface area contributed by atoms with Gasteiger partial charge in [-0.3, -0.25) is 28.8 Å². The number of fused-ring (bicyclic) bond motifs is 14. The maximum atomic E-state index is 17.3. The minimum absolute atomic E-state index is 0.0673. The number of nitrogens with one attached hydrogen (secondary N) is 6. The molecule has 7 aromatic rings. The number of phenolic OH excluding ortho intramolecular Hbond substituents is 4. The summed E-state index contributed by atoms with van der Waals surface area (Å²) >= 11 is 0. The summed E-state index contributed by atoms with van der Waals surface area (Å²) < 4.78 is 99.8. The molecule has 52 heteroatoms. The Morgan fingerprint density at radius 3 is 1.59 bits per heavy atom. The molecular weight excluding hydrogens is 1960 g/mol. The highest BCUT2D eigenvalue weighted by atomic mass is 16.8. The largest absolute Gasteiger partial charge is 0.508 e. The van der Waals surface area contributed by atoms with Gasteiger partial charge in [0, 0.05) is 40.8 Å². The number of esters is 1. The highest BCUT2D eigenvalue weighted by molar-refractivity contribution is 6.00. The normalized spacial score (nSPS) is 36.2. The van der Waals surface area contributed by atoms with Gasteiger partial charge >= 0.3 is 5.97 Å². The van der Waals surface area contributed by atoms with Crippen LogP contribution in [0.15, 0.2) is 121 Å². The molecule has 19 rings (SSSR count). The molecule has 0 spiro atoms. The van der Waals surface area contributed by atoms with E-state index in [0.29, 0.717) is 0 Å². The Kier molecular flexibility index (Phi) is 31.5. The zero-order valence-corrected chi connectivity index (χ0v) is 77.9. The molecule has 6 saturated heterocycles. The van der Waals surface area contributed by atoms with Gasteiger partial charge in [-0.15, -0.1) is 0 Å². The smallest absolute Gasteiger partial charge is 0.333 e. The molecule has 31 N–H and O–H groups in total. The zero-order chi connectivity index (χ0) is 105. The molecule has 17 bridgehead atoms. The van der Waals surface area contributed by atoms with E-state index in [1.165, 1.54) is 51.1 Å². The number of aliphatic hydroxyl groups excluding tert-OH is 17. The molecule has 147 heavy (non-hydrogen) atoms. The number of amides is 6. The Morgan fingerprint density at radius 1 is 0.429 bits per heavy atom. The molecule has 12 aliphatic heterocycles. The van der Waals surface area contributed by atoms with Gasteiger partial charge in [-0.25, -0.2) is 4.79 Å². The second-order valence-electron chi connectivity index (χ2n) is 36.9. The number of phenols is 4. The number of hydrogen-bond donors (Lipinski definition) is 29. The number of benzene rings is 7. The number of nitrogens with two attached hydrogens (primary N) is 2. The SMILES string of the molecule is COC(=O)[C@H]1NC(=O)C2NC(=O)[C@H](NC(=O)[C@@H]3NC(=O)[C@H]4NC(=O)[C@@H](NC(=O)[C@H](N)c5ccc(O)c(c5)Oc5cc4cc(O)c5C)[C@H](O)c4ccc(cc4)Oc4cc3cc(c4O[C@@H]3O[C@H](CO[C@H]4OC(C)[C@@H](O)[C@H](O)[C@@H]4O)[C@@H](O)[C@H](O)[C@H]3O[C@H]3O[C@H](CO)[C@@H](O)C(O)[C@@H]3O[C@@H]3OC[C@@H](O)[C@@H](O)[C@@H]3O)Oc3ccc(cc3)[C@H]2O[C@@H]2CC(N)[C@@H](O)[C@H](C)O2)c2ccc(O)c(c2)-c2c(OC3O[C@H](CO)[C@@H](O)[C@H](O)C3O)cc(O)cc21. The lowest BCUT2D eigenvalue weighted by molar-refractivity contribution is -0.385. The summed E-state index contributed by atoms with van der Waals surface area (Å²) in [5, 5.41) is 257. The quantitative estimate of drug-likeness (QED) is 0.0400. The fourth-order valence-corrected chi connectivity index (χ4v) is 18.6. The Hall–Kier alpha value is -12.1. The van der Waals surface area contributed by atoms with E-state index in [2.05, 4.69) is 31.9 Å². The first-order chi connectivity index (χ1) is 70.0. The number of hydrogen-bond acceptors (Lipinski definition) is 46. The van der Waals surface area contributed by atoms with Gasteiger partial charge in [0.2, 0.25) is 53.8 Å². The standard InChI is InChI=1S/C95H110N8O44/c1-30-47(109)18-37-20-49(30)139-50-19-35(9-16-46(50)108)59(97)84(125)102-64-68(113)33-5-11-40(12-6-33)137-52-21-38-22-53(81(52)145-95-83(76(121)72(117)56(143-95)29-134-91-78(123)73(118)67(112)32(3)136-91)147-94-82(75(120)71(116)55(27-105)142-94)146-92-77(122)69(114)48(110)28-133-92)138-41-13-7-34(8-14-41)80(144-57-25-44(96)66(111)31(2)135-57)65-89(130)101-63(90(131)132-4)43-23-39(106)24-51(140-93-79(124)74(119)70(115)54(26-104)141-93)58(43)42-17-36(10-15-45(42)107)60(85(126)103-65)98-87(128)62(38)99-86(127)61(37)100-88(64)129/h5-24,31-32,44,48,54-57,59-80,82-83,91-95,104-124H,25-29,96-97H2,1-4H3,(H,98,128)(H,99,127)(H,100,129)(H,101,130)(H,102,125)(H,103,126)/t31-,32?,44?,48+,54+,55+,56+,57+,59+,60+,61-,62+,63-,64-,65?,66-,67+,68+,69+,70+,71+,72+,73-,74-,75?,76-,77-,78-,79?,80+,82-,83+,91-,92-,93?,94+,95-/m0/s1. The van der Waals surface area contributed by atoms with Crippen molar-refractivity contribution in [2.24, 2.45) is 11.5 Å². The first-order valence-electron chi connectivity index (χ1n) is 46.4. The average molecular weight is 2070 g/mol. The van der Waals surface area contributed by atoms with E-state index >= 15 is 24.0 Å². The molecule has 0 aliphatic carbocycles. The molecule has 37 atom stereocenters. The Bertz CT molecular complexity index is 6010. The molecular formula is C95H110N8O44. The van der Waals surface area contributed by atoms with E-state index in [9.17, 15) is 117 Å². The summed E-state index contributed by atoms with van der Waals surface area (Å²) in [7, 11) is 0.873. The number of carbonyl (C=O) groups excluding carboxylic acids is 7. The first kappa shape index (κ1) is 106. The van der Waals surface area contributed by atoms with E-state index in [1.54, 1.807) is 0 Å². The van der Waals surface area contributed by atoms with Crippen LogP contribution in [-0.2, 0) is 85.7 Å². The van der Waals surface area contributed by atoms with Gasteiger partial charge in [0.1, 0.15) is 192 Å². The third-order valence-electron chi connectivity index (χ3n) is 27.1. The fraction of sp³-hybridized carbons (Fsp3) is 0.484. The Labute approximate surface area is 831 Å². The summed E-state index contributed by atoms with van der Waals surface area (Å²) in [6.07, 6.45) is -58.6. The van der Waals surface area contributed by atoms with Crippen LogP contribution in [0.2, 0.25) is 0 Å². The number of aliphatic hydroxyl groups is 17. The molecule has 12 aliphatic rings. The van der Waals surface area contributed by atoms with Gasteiger partial charge in [0.05, 0.1) is 51.8 Å². The lowest BCUT2D eigenvalue weighted by Crippen LogP contribution is -2.67. The van der Waals surface area contributed by atoms with Crippen molar-refractivity contribution in [2.75, 3.05) is 33.5 Å². The minimum Gasteiger partial charge on any atom is -0.508 e. The van der Waals surface area contributed by atoms with Gasteiger partial charge < -0.3 is 226 Å². The third kappa shape index (κ3) is 21.4. The second-order valence-corrected chi connectivity index (χ2v) is 36.9. The van der Waals surface area contributed by atoms with Crippen LogP contribution in [-0.4, -0.2) is 366 Å². The van der Waals surface area contributed by atoms with Crippen molar-refractivity contribution < 1.29 is 217 Å². The van der Waals surface area contributed by atoms with Crippen molar-refractivity contribution in [1.82, 2.24) is 31.9 Å². The van der Waals surface area contributed by atoms with Crippen LogP contribution in [0.4, 0.5) is 0 Å². The molecule has 12 heterocycles. The molecule has 6 unspecified atom stereocenters. The minimum atomic E-state index is -2.60. The summed E-state index contributed by atoms with van der Waals surface area (Å²) in [6, 6.07) is 4.22. The summed E-state index contributed by atoms with van der Waals surface area (Å²) in [5.74, 6) is -17.8.